The Morgan fingerprint density at radius 2 is 1.68 bits per heavy atom. The minimum Gasteiger partial charge on any atom is -0.497 e. The molecule has 1 N–H and O–H groups in total. The number of ether oxygens (including phenoxy) is 1. The number of benzene rings is 3. The SMILES string of the molecule is COc1ccc(C2CC(=O)C3=C(C2)Nc2ccccc2N(C(=O)CC(C)C)C3c2ccc(F)cc2)cc1. The number of nitrogens with one attached hydrogen (secondary N) is 1. The average molecular weight is 499 g/mol. The highest BCUT2D eigenvalue weighted by Crippen LogP contribution is 2.47. The Morgan fingerprint density at radius 1 is 1.00 bits per heavy atom. The molecule has 0 bridgehead atoms. The van der Waals surface area contributed by atoms with Gasteiger partial charge in [-0.05, 0) is 65.8 Å². The molecule has 37 heavy (non-hydrogen) atoms. The first-order valence-electron chi connectivity index (χ1n) is 12.7. The van der Waals surface area contributed by atoms with E-state index in [0.717, 1.165) is 22.7 Å². The monoisotopic (exact) mass is 498 g/mol. The van der Waals surface area contributed by atoms with E-state index in [-0.39, 0.29) is 29.3 Å². The fraction of sp³-hybridized carbons (Fsp3) is 0.290. The van der Waals surface area contributed by atoms with E-state index < -0.39 is 6.04 Å². The Morgan fingerprint density at radius 3 is 2.35 bits per heavy atom. The van der Waals surface area contributed by atoms with Crippen molar-refractivity contribution in [3.8, 4) is 5.75 Å². The molecule has 5 nitrogen and oxygen atoms in total. The van der Waals surface area contributed by atoms with Crippen LogP contribution in [0.2, 0.25) is 0 Å². The summed E-state index contributed by atoms with van der Waals surface area (Å²) in [6.45, 7) is 4.01. The number of para-hydroxylation sites is 2. The first-order valence-corrected chi connectivity index (χ1v) is 12.7. The molecule has 1 amide bonds. The Kier molecular flexibility index (Phi) is 6.83. The third-order valence-electron chi connectivity index (χ3n) is 7.11. The highest BCUT2D eigenvalue weighted by Gasteiger charge is 2.41. The van der Waals surface area contributed by atoms with E-state index >= 15 is 0 Å². The van der Waals surface area contributed by atoms with Gasteiger partial charge < -0.3 is 10.1 Å². The van der Waals surface area contributed by atoms with Crippen molar-refractivity contribution in [3.05, 3.63) is 101 Å². The number of carbonyl (C=O) groups is 2. The molecule has 0 fully saturated rings. The predicted molar refractivity (Wildman–Crippen MR) is 143 cm³/mol. The van der Waals surface area contributed by atoms with Gasteiger partial charge in [0.25, 0.3) is 0 Å². The standard InChI is InChI=1S/C31H31FN2O3/c1-19(2)16-29(36)34-27-7-5-4-6-25(27)33-26-17-22(20-10-14-24(37-3)15-11-20)18-28(35)30(26)31(34)21-8-12-23(32)13-9-21/h4-15,19,22,31,33H,16-18H2,1-3H3. The van der Waals surface area contributed by atoms with Gasteiger partial charge in [-0.15, -0.1) is 0 Å². The van der Waals surface area contributed by atoms with Gasteiger partial charge in [0.2, 0.25) is 5.91 Å². The Hall–Kier alpha value is -3.93. The molecule has 3 aromatic carbocycles. The number of hydrogen-bond acceptors (Lipinski definition) is 4. The summed E-state index contributed by atoms with van der Waals surface area (Å²) in [6, 6.07) is 21.0. The lowest BCUT2D eigenvalue weighted by Gasteiger charge is -2.35. The number of fused-ring (bicyclic) bond motifs is 1. The van der Waals surface area contributed by atoms with E-state index in [1.165, 1.54) is 12.1 Å². The number of carbonyl (C=O) groups excluding carboxylic acids is 2. The molecule has 0 aromatic heterocycles. The molecule has 2 aliphatic rings. The van der Waals surface area contributed by atoms with Gasteiger partial charge in [0.05, 0.1) is 24.5 Å². The van der Waals surface area contributed by atoms with Gasteiger partial charge in [0.1, 0.15) is 11.6 Å². The summed E-state index contributed by atoms with van der Waals surface area (Å²) in [6.07, 6.45) is 1.27. The van der Waals surface area contributed by atoms with E-state index in [4.69, 9.17) is 4.74 Å². The second-order valence-corrected chi connectivity index (χ2v) is 10.2. The van der Waals surface area contributed by atoms with E-state index in [9.17, 15) is 14.0 Å². The summed E-state index contributed by atoms with van der Waals surface area (Å²) in [4.78, 5) is 29.5. The van der Waals surface area contributed by atoms with Crippen LogP contribution in [0.15, 0.2) is 84.1 Å². The molecule has 3 aromatic rings. The quantitative estimate of drug-likeness (QED) is 0.421. The molecule has 1 aliphatic heterocycles. The lowest BCUT2D eigenvalue weighted by atomic mass is 9.78. The number of Topliss-reactive ketones (excluding diaryl/α,β-unsaturated/α-hetero) is 1. The van der Waals surface area contributed by atoms with Gasteiger partial charge in [-0.25, -0.2) is 4.39 Å². The van der Waals surface area contributed by atoms with Crippen LogP contribution >= 0.6 is 0 Å². The number of nitrogens with zero attached hydrogens (tertiary/aromatic N) is 1. The van der Waals surface area contributed by atoms with Gasteiger partial charge >= 0.3 is 0 Å². The maximum Gasteiger partial charge on any atom is 0.228 e. The second-order valence-electron chi connectivity index (χ2n) is 10.2. The molecule has 0 radical (unpaired) electrons. The number of methoxy groups -OCH3 is 1. The summed E-state index contributed by atoms with van der Waals surface area (Å²) in [5, 5.41) is 3.53. The summed E-state index contributed by atoms with van der Waals surface area (Å²) in [5.41, 5.74) is 4.64. The average Bonchev–Trinajstić information content (AvgIpc) is 3.03. The van der Waals surface area contributed by atoms with Crippen molar-refractivity contribution in [2.45, 2.75) is 45.1 Å². The number of allylic oxidation sites excluding steroid dienone is 1. The molecule has 1 aliphatic carbocycles. The molecule has 2 atom stereocenters. The van der Waals surface area contributed by atoms with Gasteiger partial charge in [-0.2, -0.15) is 0 Å². The predicted octanol–water partition coefficient (Wildman–Crippen LogP) is 6.78. The Bertz CT molecular complexity index is 1350. The minimum absolute atomic E-state index is 0.0106. The number of halogens is 1. The summed E-state index contributed by atoms with van der Waals surface area (Å²) in [7, 11) is 1.63. The van der Waals surface area contributed by atoms with Crippen LogP contribution in [0.25, 0.3) is 0 Å². The van der Waals surface area contributed by atoms with Crippen molar-refractivity contribution in [3.63, 3.8) is 0 Å². The molecule has 0 spiro atoms. The molecular formula is C31H31FN2O3. The normalized spacial score (nSPS) is 19.2. The van der Waals surface area contributed by atoms with Crippen LogP contribution in [0.5, 0.6) is 5.75 Å². The van der Waals surface area contributed by atoms with E-state index in [2.05, 4.69) is 5.32 Å². The third kappa shape index (κ3) is 4.88. The van der Waals surface area contributed by atoms with Crippen LogP contribution in [0, 0.1) is 11.7 Å². The molecule has 190 valence electrons. The fourth-order valence-corrected chi connectivity index (χ4v) is 5.39. The van der Waals surface area contributed by atoms with E-state index in [1.807, 2.05) is 62.4 Å². The fourth-order valence-electron chi connectivity index (χ4n) is 5.39. The molecule has 2 unspecified atom stereocenters. The first-order chi connectivity index (χ1) is 17.9. The number of anilines is 2. The van der Waals surface area contributed by atoms with Gasteiger partial charge in [-0.3, -0.25) is 14.5 Å². The molecule has 5 rings (SSSR count). The largest absolute Gasteiger partial charge is 0.497 e. The van der Waals surface area contributed by atoms with Crippen LogP contribution in [-0.2, 0) is 9.59 Å². The maximum atomic E-state index is 13.9. The first kappa shape index (κ1) is 24.8. The number of rotatable bonds is 5. The van der Waals surface area contributed by atoms with Crippen LogP contribution in [0.1, 0.15) is 56.2 Å². The summed E-state index contributed by atoms with van der Waals surface area (Å²) in [5.74, 6) is 0.447. The second kappa shape index (κ2) is 10.2. The topological polar surface area (TPSA) is 58.6 Å². The number of hydrogen-bond donors (Lipinski definition) is 1. The molecular weight excluding hydrogens is 467 g/mol. The highest BCUT2D eigenvalue weighted by atomic mass is 19.1. The molecule has 0 saturated carbocycles. The van der Waals surface area contributed by atoms with Crippen LogP contribution in [0.4, 0.5) is 15.8 Å². The van der Waals surface area contributed by atoms with Crippen molar-refractivity contribution in [2.75, 3.05) is 17.3 Å². The Balaban J connectivity index is 1.67. The summed E-state index contributed by atoms with van der Waals surface area (Å²) < 4.78 is 19.2. The Labute approximate surface area is 217 Å². The zero-order valence-corrected chi connectivity index (χ0v) is 21.3. The summed E-state index contributed by atoms with van der Waals surface area (Å²) >= 11 is 0. The van der Waals surface area contributed by atoms with Gasteiger partial charge in [-0.1, -0.05) is 50.2 Å². The minimum atomic E-state index is -0.651. The molecule has 0 saturated heterocycles. The van der Waals surface area contributed by atoms with E-state index in [1.54, 1.807) is 24.1 Å². The van der Waals surface area contributed by atoms with Crippen LogP contribution in [-0.4, -0.2) is 18.8 Å². The van der Waals surface area contributed by atoms with Crippen molar-refractivity contribution in [2.24, 2.45) is 5.92 Å². The number of ketones is 1. The zero-order valence-electron chi connectivity index (χ0n) is 21.3. The van der Waals surface area contributed by atoms with Crippen molar-refractivity contribution in [1.82, 2.24) is 0 Å². The highest BCUT2D eigenvalue weighted by molar-refractivity contribution is 6.06. The van der Waals surface area contributed by atoms with Crippen LogP contribution in [0.3, 0.4) is 0 Å². The van der Waals surface area contributed by atoms with Crippen molar-refractivity contribution >= 4 is 23.1 Å². The van der Waals surface area contributed by atoms with Crippen LogP contribution < -0.4 is 15.0 Å². The smallest absolute Gasteiger partial charge is 0.228 e. The zero-order chi connectivity index (χ0) is 26.1. The van der Waals surface area contributed by atoms with Gasteiger partial charge in [0, 0.05) is 24.1 Å². The van der Waals surface area contributed by atoms with Gasteiger partial charge in [0.15, 0.2) is 5.78 Å². The lowest BCUT2D eigenvalue weighted by molar-refractivity contribution is -0.119. The maximum absolute atomic E-state index is 13.9. The molecule has 6 heteroatoms. The number of amides is 1. The third-order valence-corrected chi connectivity index (χ3v) is 7.11. The molecule has 1 heterocycles. The van der Waals surface area contributed by atoms with E-state index in [0.29, 0.717) is 36.1 Å². The van der Waals surface area contributed by atoms with Crippen molar-refractivity contribution < 1.29 is 18.7 Å². The lowest BCUT2D eigenvalue weighted by Crippen LogP contribution is -2.39. The van der Waals surface area contributed by atoms with Crippen molar-refractivity contribution in [1.29, 1.82) is 0 Å².